The van der Waals surface area contributed by atoms with Crippen molar-refractivity contribution < 1.29 is 28.9 Å². The molecule has 7 nitrogen and oxygen atoms in total. The zero-order valence-electron chi connectivity index (χ0n) is 20.0. The van der Waals surface area contributed by atoms with Gasteiger partial charge in [0.15, 0.2) is 11.5 Å². The number of nitrogens with zero attached hydrogens (tertiary/aromatic N) is 1. The number of quaternary nitrogens is 2. The van der Waals surface area contributed by atoms with E-state index in [9.17, 15) is 9.59 Å². The van der Waals surface area contributed by atoms with Crippen molar-refractivity contribution in [2.45, 2.75) is 40.2 Å². The lowest BCUT2D eigenvalue weighted by atomic mass is 9.62. The zero-order valence-corrected chi connectivity index (χ0v) is 20.0. The van der Waals surface area contributed by atoms with E-state index >= 15 is 0 Å². The molecule has 0 spiro atoms. The summed E-state index contributed by atoms with van der Waals surface area (Å²) in [5, 5.41) is 0. The minimum atomic E-state index is -0.449. The molecular weight excluding hydrogens is 418 g/mol. The van der Waals surface area contributed by atoms with Gasteiger partial charge in [0.1, 0.15) is 39.3 Å². The predicted octanol–water partition coefficient (Wildman–Crippen LogP) is -0.487. The van der Waals surface area contributed by atoms with Crippen LogP contribution in [0.2, 0.25) is 0 Å². The first-order valence-corrected chi connectivity index (χ1v) is 12.2. The molecule has 3 heterocycles. The molecule has 0 radical (unpaired) electrons. The van der Waals surface area contributed by atoms with E-state index in [0.29, 0.717) is 6.79 Å². The SMILES string of the molecule is CC12CCC(C(=O)N(CC#CC[NH+]3CC[NH+](Cc4ccc5c(c4)OCO5)CC3)C1=O)C2(C)C. The van der Waals surface area contributed by atoms with E-state index in [1.807, 2.05) is 13.0 Å². The summed E-state index contributed by atoms with van der Waals surface area (Å²) in [6.45, 7) is 12.8. The fourth-order valence-electron chi connectivity index (χ4n) is 6.02. The maximum Gasteiger partial charge on any atom is 0.236 e. The third kappa shape index (κ3) is 3.79. The van der Waals surface area contributed by atoms with Crippen LogP contribution in [0.5, 0.6) is 11.5 Å². The van der Waals surface area contributed by atoms with Gasteiger partial charge < -0.3 is 19.3 Å². The molecule has 33 heavy (non-hydrogen) atoms. The number of nitrogens with one attached hydrogen (secondary N) is 2. The average molecular weight is 454 g/mol. The standard InChI is InChI=1S/C26H33N3O4/c1-25(2)20-8-9-26(25,3)24(31)29(23(20)30)11-5-4-10-27-12-14-28(15-13-27)17-19-6-7-21-22(16-19)33-18-32-21/h6-7,16,20H,8-15,17-18H2,1-3H3/p+2. The molecule has 1 aliphatic carbocycles. The van der Waals surface area contributed by atoms with Crippen LogP contribution in [0.15, 0.2) is 18.2 Å². The third-order valence-corrected chi connectivity index (χ3v) is 8.76. The van der Waals surface area contributed by atoms with Crippen LogP contribution >= 0.6 is 0 Å². The Bertz CT molecular complexity index is 1020. The number of ether oxygens (including phenoxy) is 2. The van der Waals surface area contributed by atoms with E-state index in [4.69, 9.17) is 9.47 Å². The molecule has 4 aliphatic rings. The number of imide groups is 1. The number of benzene rings is 1. The lowest BCUT2D eigenvalue weighted by Crippen LogP contribution is -3.27. The Balaban J connectivity index is 1.10. The largest absolute Gasteiger partial charge is 0.454 e. The van der Waals surface area contributed by atoms with Gasteiger partial charge in [-0.25, -0.2) is 0 Å². The number of likely N-dealkylation sites (tertiary alicyclic amines) is 1. The van der Waals surface area contributed by atoms with E-state index in [1.54, 1.807) is 4.90 Å². The fourth-order valence-corrected chi connectivity index (χ4v) is 6.02. The van der Waals surface area contributed by atoms with Crippen LogP contribution in [0.4, 0.5) is 0 Å². The molecule has 176 valence electrons. The molecule has 0 aromatic heterocycles. The molecule has 2 N–H and O–H groups in total. The highest BCUT2D eigenvalue weighted by Gasteiger charge is 2.64. The summed E-state index contributed by atoms with van der Waals surface area (Å²) >= 11 is 0. The predicted molar refractivity (Wildman–Crippen MR) is 122 cm³/mol. The second kappa shape index (κ2) is 8.34. The summed E-state index contributed by atoms with van der Waals surface area (Å²) in [6, 6.07) is 6.22. The molecule has 1 aromatic carbocycles. The van der Waals surface area contributed by atoms with Crippen molar-refractivity contribution in [1.29, 1.82) is 0 Å². The summed E-state index contributed by atoms with van der Waals surface area (Å²) in [4.78, 5) is 30.5. The summed E-state index contributed by atoms with van der Waals surface area (Å²) < 4.78 is 10.9. The molecular formula is C26H35N3O4+2. The van der Waals surface area contributed by atoms with Gasteiger partial charge in [0, 0.05) is 11.5 Å². The second-order valence-electron chi connectivity index (χ2n) is 10.8. The summed E-state index contributed by atoms with van der Waals surface area (Å²) in [5.41, 5.74) is 0.562. The van der Waals surface area contributed by atoms with Gasteiger partial charge in [-0.1, -0.05) is 26.7 Å². The van der Waals surface area contributed by atoms with Gasteiger partial charge in [-0.15, -0.1) is 0 Å². The van der Waals surface area contributed by atoms with Gasteiger partial charge in [-0.3, -0.25) is 14.5 Å². The van der Waals surface area contributed by atoms with Crippen LogP contribution in [0, 0.1) is 28.6 Å². The summed E-state index contributed by atoms with van der Waals surface area (Å²) in [5.74, 6) is 7.94. The van der Waals surface area contributed by atoms with Crippen molar-refractivity contribution in [3.8, 4) is 23.3 Å². The highest BCUT2D eigenvalue weighted by molar-refractivity contribution is 6.04. The Kier molecular flexibility index (Phi) is 5.62. The van der Waals surface area contributed by atoms with Crippen molar-refractivity contribution in [2.24, 2.45) is 16.7 Å². The van der Waals surface area contributed by atoms with Gasteiger partial charge in [0.05, 0.1) is 12.0 Å². The molecule has 2 saturated heterocycles. The highest BCUT2D eigenvalue weighted by atomic mass is 16.7. The number of carbonyl (C=O) groups is 2. The van der Waals surface area contributed by atoms with Crippen LogP contribution in [-0.4, -0.2) is 62.8 Å². The van der Waals surface area contributed by atoms with Crippen molar-refractivity contribution >= 4 is 11.8 Å². The van der Waals surface area contributed by atoms with Gasteiger partial charge in [-0.2, -0.15) is 0 Å². The summed E-state index contributed by atoms with van der Waals surface area (Å²) in [7, 11) is 0. The number of piperazine rings is 1. The van der Waals surface area contributed by atoms with Crippen LogP contribution < -0.4 is 19.3 Å². The van der Waals surface area contributed by atoms with Crippen molar-refractivity contribution in [3.05, 3.63) is 23.8 Å². The van der Waals surface area contributed by atoms with Crippen LogP contribution in [0.3, 0.4) is 0 Å². The monoisotopic (exact) mass is 453 g/mol. The molecule has 2 atom stereocenters. The highest BCUT2D eigenvalue weighted by Crippen LogP contribution is 2.59. The maximum absolute atomic E-state index is 13.1. The third-order valence-electron chi connectivity index (χ3n) is 8.76. The minimum absolute atomic E-state index is 0.0256. The first-order chi connectivity index (χ1) is 15.8. The minimum Gasteiger partial charge on any atom is -0.454 e. The van der Waals surface area contributed by atoms with E-state index in [0.717, 1.165) is 63.6 Å². The number of carbonyl (C=O) groups excluding carboxylic acids is 2. The molecule has 2 bridgehead atoms. The van der Waals surface area contributed by atoms with Crippen LogP contribution in [-0.2, 0) is 16.1 Å². The van der Waals surface area contributed by atoms with Gasteiger partial charge >= 0.3 is 0 Å². The average Bonchev–Trinajstić information content (AvgIpc) is 3.33. The Morgan fingerprint density at radius 3 is 2.55 bits per heavy atom. The Morgan fingerprint density at radius 2 is 1.76 bits per heavy atom. The van der Waals surface area contributed by atoms with Crippen LogP contribution in [0.25, 0.3) is 0 Å². The second-order valence-corrected chi connectivity index (χ2v) is 10.8. The number of piperidine rings is 1. The van der Waals surface area contributed by atoms with Gasteiger partial charge in [-0.05, 0) is 42.4 Å². The van der Waals surface area contributed by atoms with Crippen molar-refractivity contribution in [2.75, 3.05) is 46.1 Å². The maximum atomic E-state index is 13.1. The van der Waals surface area contributed by atoms with E-state index in [-0.39, 0.29) is 29.7 Å². The number of rotatable bonds is 4. The molecule has 1 aromatic rings. The smallest absolute Gasteiger partial charge is 0.236 e. The quantitative estimate of drug-likeness (QED) is 0.477. The van der Waals surface area contributed by atoms with Crippen LogP contribution in [0.1, 0.15) is 39.2 Å². The lowest BCUT2D eigenvalue weighted by molar-refractivity contribution is -1.02. The topological polar surface area (TPSA) is 64.7 Å². The molecule has 5 rings (SSSR count). The summed E-state index contributed by atoms with van der Waals surface area (Å²) in [6.07, 6.45) is 1.60. The molecule has 7 heteroatoms. The van der Waals surface area contributed by atoms with Gasteiger partial charge in [0.2, 0.25) is 18.6 Å². The van der Waals surface area contributed by atoms with Crippen molar-refractivity contribution in [3.63, 3.8) is 0 Å². The normalized spacial score (nSPS) is 32.0. The molecule has 2 unspecified atom stereocenters. The Labute approximate surface area is 196 Å². The molecule has 3 aliphatic heterocycles. The molecule has 3 fully saturated rings. The Morgan fingerprint density at radius 1 is 1.03 bits per heavy atom. The van der Waals surface area contributed by atoms with Gasteiger partial charge in [0.25, 0.3) is 0 Å². The zero-order chi connectivity index (χ0) is 23.2. The fraction of sp³-hybridized carbons (Fsp3) is 0.615. The first kappa shape index (κ1) is 22.2. The first-order valence-electron chi connectivity index (χ1n) is 12.2. The number of hydrogen-bond acceptors (Lipinski definition) is 4. The van der Waals surface area contributed by atoms with Crippen molar-refractivity contribution in [1.82, 2.24) is 4.90 Å². The van der Waals surface area contributed by atoms with E-state index in [1.165, 1.54) is 15.4 Å². The van der Waals surface area contributed by atoms with E-state index < -0.39 is 5.41 Å². The number of amides is 2. The lowest BCUT2D eigenvalue weighted by Gasteiger charge is -2.47. The number of fused-ring (bicyclic) bond motifs is 3. The molecule has 1 saturated carbocycles. The molecule has 2 amide bonds. The Hall–Kier alpha value is -2.56. The van der Waals surface area contributed by atoms with E-state index in [2.05, 4.69) is 37.8 Å². The number of hydrogen-bond donors (Lipinski definition) is 2.